The second kappa shape index (κ2) is 13.2. The molecular formula is C25H42O. The van der Waals surface area contributed by atoms with Crippen molar-refractivity contribution in [2.75, 3.05) is 6.61 Å². The van der Waals surface area contributed by atoms with E-state index < -0.39 is 0 Å². The average Bonchev–Trinajstić information content (AvgIpc) is 2.68. The Balaban J connectivity index is 1.63. The van der Waals surface area contributed by atoms with Crippen LogP contribution in [0.1, 0.15) is 103 Å². The van der Waals surface area contributed by atoms with E-state index in [1.807, 2.05) is 0 Å². The molecule has 0 amide bonds. The van der Waals surface area contributed by atoms with Gasteiger partial charge in [-0.2, -0.15) is 0 Å². The van der Waals surface area contributed by atoms with E-state index in [2.05, 4.69) is 38.1 Å². The largest absolute Gasteiger partial charge is 0.494 e. The summed E-state index contributed by atoms with van der Waals surface area (Å²) in [6, 6.07) is 8.82. The normalized spacial score (nSPS) is 20.2. The molecule has 0 heterocycles. The molecule has 2 rings (SSSR count). The molecule has 0 bridgehead atoms. The molecule has 148 valence electrons. The van der Waals surface area contributed by atoms with Gasteiger partial charge in [-0.15, -0.1) is 0 Å². The Labute approximate surface area is 162 Å². The first-order chi connectivity index (χ1) is 12.8. The van der Waals surface area contributed by atoms with E-state index in [0.717, 1.165) is 24.2 Å². The lowest BCUT2D eigenvalue weighted by Crippen LogP contribution is -2.20. The van der Waals surface area contributed by atoms with Crippen molar-refractivity contribution in [3.05, 3.63) is 29.8 Å². The maximum absolute atomic E-state index is 6.01. The van der Waals surface area contributed by atoms with Gasteiger partial charge in [-0.05, 0) is 55.2 Å². The minimum Gasteiger partial charge on any atom is -0.494 e. The fourth-order valence-corrected chi connectivity index (χ4v) is 4.57. The molecule has 0 spiro atoms. The number of unbranched alkanes of at least 4 members (excludes halogenated alkanes) is 4. The molecule has 2 atom stereocenters. The lowest BCUT2D eigenvalue weighted by atomic mass is 9.74. The zero-order chi connectivity index (χ0) is 18.5. The van der Waals surface area contributed by atoms with Gasteiger partial charge in [0.25, 0.3) is 0 Å². The van der Waals surface area contributed by atoms with Crippen molar-refractivity contribution in [3.63, 3.8) is 0 Å². The van der Waals surface area contributed by atoms with Gasteiger partial charge >= 0.3 is 0 Å². The lowest BCUT2D eigenvalue weighted by molar-refractivity contribution is 0.190. The van der Waals surface area contributed by atoms with Crippen molar-refractivity contribution in [1.29, 1.82) is 0 Å². The first-order valence-electron chi connectivity index (χ1n) is 11.5. The minimum absolute atomic E-state index is 0.882. The van der Waals surface area contributed by atoms with Crippen LogP contribution < -0.4 is 4.74 Å². The molecule has 1 aliphatic carbocycles. The zero-order valence-electron chi connectivity index (χ0n) is 17.5. The first-order valence-corrected chi connectivity index (χ1v) is 11.5. The van der Waals surface area contributed by atoms with E-state index in [0.29, 0.717) is 0 Å². The number of rotatable bonds is 13. The van der Waals surface area contributed by atoms with Crippen molar-refractivity contribution in [3.8, 4) is 5.75 Å². The Morgan fingerprint density at radius 2 is 1.38 bits per heavy atom. The van der Waals surface area contributed by atoms with Crippen LogP contribution in [0.5, 0.6) is 5.75 Å². The summed E-state index contributed by atoms with van der Waals surface area (Å²) in [7, 11) is 0. The SMILES string of the molecule is CCCCCc1ccc(OCCCC2CCCCC2CCCCC)cc1. The van der Waals surface area contributed by atoms with Crippen LogP contribution in [0.25, 0.3) is 0 Å². The van der Waals surface area contributed by atoms with Crippen molar-refractivity contribution in [1.82, 2.24) is 0 Å². The molecule has 1 aromatic carbocycles. The van der Waals surface area contributed by atoms with Crippen LogP contribution in [-0.2, 0) is 6.42 Å². The highest BCUT2D eigenvalue weighted by Crippen LogP contribution is 2.36. The summed E-state index contributed by atoms with van der Waals surface area (Å²) in [5, 5.41) is 0. The number of hydrogen-bond donors (Lipinski definition) is 0. The Hall–Kier alpha value is -0.980. The van der Waals surface area contributed by atoms with Crippen LogP contribution in [-0.4, -0.2) is 6.61 Å². The molecule has 1 saturated carbocycles. The topological polar surface area (TPSA) is 9.23 Å². The second-order valence-electron chi connectivity index (χ2n) is 8.39. The van der Waals surface area contributed by atoms with Gasteiger partial charge in [0.1, 0.15) is 5.75 Å². The summed E-state index contributed by atoms with van der Waals surface area (Å²) in [5.41, 5.74) is 1.45. The maximum atomic E-state index is 6.01. The first kappa shape index (κ1) is 21.3. The predicted octanol–water partition coefficient (Wildman–Crippen LogP) is 7.97. The van der Waals surface area contributed by atoms with Crippen LogP contribution in [0.15, 0.2) is 24.3 Å². The monoisotopic (exact) mass is 358 g/mol. The van der Waals surface area contributed by atoms with Crippen molar-refractivity contribution in [2.45, 2.75) is 104 Å². The van der Waals surface area contributed by atoms with E-state index in [4.69, 9.17) is 4.74 Å². The minimum atomic E-state index is 0.882. The molecule has 0 N–H and O–H groups in total. The molecular weight excluding hydrogens is 316 g/mol. The molecule has 1 aliphatic rings. The Morgan fingerprint density at radius 3 is 2.04 bits per heavy atom. The van der Waals surface area contributed by atoms with Gasteiger partial charge < -0.3 is 4.74 Å². The van der Waals surface area contributed by atoms with Gasteiger partial charge in [-0.3, -0.25) is 0 Å². The smallest absolute Gasteiger partial charge is 0.119 e. The zero-order valence-corrected chi connectivity index (χ0v) is 17.5. The van der Waals surface area contributed by atoms with Crippen LogP contribution in [0.3, 0.4) is 0 Å². The molecule has 2 unspecified atom stereocenters. The quantitative estimate of drug-likeness (QED) is 0.325. The van der Waals surface area contributed by atoms with Gasteiger partial charge in [0.2, 0.25) is 0 Å². The third-order valence-electron chi connectivity index (χ3n) is 6.23. The summed E-state index contributed by atoms with van der Waals surface area (Å²) >= 11 is 0. The van der Waals surface area contributed by atoms with Gasteiger partial charge in [-0.1, -0.05) is 90.2 Å². The van der Waals surface area contributed by atoms with Crippen LogP contribution in [0.4, 0.5) is 0 Å². The Bertz CT molecular complexity index is 450. The average molecular weight is 359 g/mol. The molecule has 0 aromatic heterocycles. The Morgan fingerprint density at radius 1 is 0.769 bits per heavy atom. The molecule has 1 fully saturated rings. The molecule has 1 aromatic rings. The van der Waals surface area contributed by atoms with Crippen LogP contribution in [0.2, 0.25) is 0 Å². The highest BCUT2D eigenvalue weighted by molar-refractivity contribution is 5.27. The van der Waals surface area contributed by atoms with E-state index in [-0.39, 0.29) is 0 Å². The molecule has 0 saturated heterocycles. The van der Waals surface area contributed by atoms with E-state index in [9.17, 15) is 0 Å². The van der Waals surface area contributed by atoms with Gasteiger partial charge in [0.15, 0.2) is 0 Å². The van der Waals surface area contributed by atoms with Crippen molar-refractivity contribution < 1.29 is 4.74 Å². The summed E-state index contributed by atoms with van der Waals surface area (Å²) in [6.45, 7) is 5.46. The lowest BCUT2D eigenvalue weighted by Gasteiger charge is -2.31. The summed E-state index contributed by atoms with van der Waals surface area (Å²) in [4.78, 5) is 0. The number of ether oxygens (including phenoxy) is 1. The summed E-state index contributed by atoms with van der Waals surface area (Å²) < 4.78 is 6.01. The molecule has 0 radical (unpaired) electrons. The predicted molar refractivity (Wildman–Crippen MR) is 114 cm³/mol. The van der Waals surface area contributed by atoms with Crippen LogP contribution in [0, 0.1) is 11.8 Å². The van der Waals surface area contributed by atoms with E-state index in [1.54, 1.807) is 0 Å². The van der Waals surface area contributed by atoms with Gasteiger partial charge in [-0.25, -0.2) is 0 Å². The molecule has 26 heavy (non-hydrogen) atoms. The van der Waals surface area contributed by atoms with Crippen LogP contribution >= 0.6 is 0 Å². The van der Waals surface area contributed by atoms with Crippen molar-refractivity contribution >= 4 is 0 Å². The van der Waals surface area contributed by atoms with Gasteiger partial charge in [0.05, 0.1) is 6.61 Å². The highest BCUT2D eigenvalue weighted by Gasteiger charge is 2.24. The van der Waals surface area contributed by atoms with Gasteiger partial charge in [0, 0.05) is 0 Å². The third-order valence-corrected chi connectivity index (χ3v) is 6.23. The third kappa shape index (κ3) is 8.14. The van der Waals surface area contributed by atoms with E-state index in [1.165, 1.54) is 95.5 Å². The second-order valence-corrected chi connectivity index (χ2v) is 8.39. The maximum Gasteiger partial charge on any atom is 0.119 e. The van der Waals surface area contributed by atoms with E-state index >= 15 is 0 Å². The molecule has 1 heteroatoms. The number of benzene rings is 1. The van der Waals surface area contributed by atoms with Crippen molar-refractivity contribution in [2.24, 2.45) is 11.8 Å². The fourth-order valence-electron chi connectivity index (χ4n) is 4.57. The molecule has 1 nitrogen and oxygen atoms in total. The fraction of sp³-hybridized carbons (Fsp3) is 0.760. The highest BCUT2D eigenvalue weighted by atomic mass is 16.5. The number of aryl methyl sites for hydroxylation is 1. The summed E-state index contributed by atoms with van der Waals surface area (Å²) in [5.74, 6) is 3.01. The standard InChI is InChI=1S/C25H42O/c1-3-5-7-12-22-17-19-25(20-18-22)26-21-11-16-24-15-10-9-14-23(24)13-8-6-4-2/h17-20,23-24H,3-16,21H2,1-2H3. The molecule has 0 aliphatic heterocycles. The Kier molecular flexibility index (Phi) is 10.8. The summed E-state index contributed by atoms with van der Waals surface area (Å²) in [6.07, 6.45) is 19.3. The number of hydrogen-bond acceptors (Lipinski definition) is 1.